The van der Waals surface area contributed by atoms with E-state index < -0.39 is 12.0 Å². The third kappa shape index (κ3) is 4.13. The monoisotopic (exact) mass is 463 g/mol. The van der Waals surface area contributed by atoms with E-state index >= 15 is 0 Å². The number of hydrogen-bond acceptors (Lipinski definition) is 6. The summed E-state index contributed by atoms with van der Waals surface area (Å²) in [5, 5.41) is 0. The SMILES string of the molecule is [C-]#[N+]c1ccc2c(n1)c(N1C[C@@H](C)N(C(C(=O)OC)c3ccc(F)cc3)C[C@@H]1C)cc(=O)n2C. The van der Waals surface area contributed by atoms with Gasteiger partial charge in [-0.3, -0.25) is 9.69 Å². The Kier molecular flexibility index (Phi) is 6.35. The van der Waals surface area contributed by atoms with Gasteiger partial charge in [-0.25, -0.2) is 9.18 Å². The van der Waals surface area contributed by atoms with Crippen LogP contribution in [0.2, 0.25) is 0 Å². The van der Waals surface area contributed by atoms with E-state index in [1.54, 1.807) is 37.4 Å². The summed E-state index contributed by atoms with van der Waals surface area (Å²) in [4.78, 5) is 37.6. The first kappa shape index (κ1) is 23.4. The maximum absolute atomic E-state index is 13.5. The van der Waals surface area contributed by atoms with Crippen LogP contribution in [0.5, 0.6) is 0 Å². The van der Waals surface area contributed by atoms with Gasteiger partial charge in [0.1, 0.15) is 11.9 Å². The maximum Gasteiger partial charge on any atom is 0.327 e. The molecule has 2 aromatic heterocycles. The van der Waals surface area contributed by atoms with E-state index in [1.165, 1.54) is 23.8 Å². The Bertz CT molecular complexity index is 1330. The van der Waals surface area contributed by atoms with Crippen molar-refractivity contribution >= 4 is 28.5 Å². The lowest BCUT2D eigenvalue weighted by Gasteiger charge is -2.47. The number of benzene rings is 1. The molecule has 1 saturated heterocycles. The number of piperazine rings is 1. The van der Waals surface area contributed by atoms with Gasteiger partial charge in [0.25, 0.3) is 11.4 Å². The zero-order valence-corrected chi connectivity index (χ0v) is 19.5. The van der Waals surface area contributed by atoms with Crippen molar-refractivity contribution in [1.29, 1.82) is 0 Å². The zero-order valence-electron chi connectivity index (χ0n) is 19.5. The molecule has 1 fully saturated rings. The second-order valence-corrected chi connectivity index (χ2v) is 8.60. The highest BCUT2D eigenvalue weighted by Crippen LogP contribution is 2.33. The fourth-order valence-electron chi connectivity index (χ4n) is 4.65. The molecule has 176 valence electrons. The van der Waals surface area contributed by atoms with Gasteiger partial charge in [-0.05, 0) is 43.7 Å². The lowest BCUT2D eigenvalue weighted by atomic mass is 9.99. The van der Waals surface area contributed by atoms with Crippen molar-refractivity contribution in [1.82, 2.24) is 14.5 Å². The van der Waals surface area contributed by atoms with E-state index in [0.717, 1.165) is 0 Å². The summed E-state index contributed by atoms with van der Waals surface area (Å²) in [6.07, 6.45) is 0. The molecule has 0 bridgehead atoms. The van der Waals surface area contributed by atoms with Gasteiger partial charge in [-0.1, -0.05) is 18.7 Å². The lowest BCUT2D eigenvalue weighted by Crippen LogP contribution is -2.58. The lowest BCUT2D eigenvalue weighted by molar-refractivity contribution is -0.148. The molecule has 34 heavy (non-hydrogen) atoms. The van der Waals surface area contributed by atoms with E-state index in [9.17, 15) is 14.0 Å². The highest BCUT2D eigenvalue weighted by molar-refractivity contribution is 5.89. The van der Waals surface area contributed by atoms with Crippen molar-refractivity contribution in [2.45, 2.75) is 32.0 Å². The molecule has 9 heteroatoms. The summed E-state index contributed by atoms with van der Waals surface area (Å²) in [6.45, 7) is 12.4. The predicted molar refractivity (Wildman–Crippen MR) is 127 cm³/mol. The third-order valence-electron chi connectivity index (χ3n) is 6.45. The third-order valence-corrected chi connectivity index (χ3v) is 6.45. The number of ether oxygens (including phenoxy) is 1. The fourth-order valence-corrected chi connectivity index (χ4v) is 4.65. The van der Waals surface area contributed by atoms with Crippen LogP contribution >= 0.6 is 0 Å². The molecule has 1 aromatic carbocycles. The molecule has 0 amide bonds. The molecule has 3 heterocycles. The number of halogens is 1. The first-order chi connectivity index (χ1) is 16.2. The number of nitrogens with zero attached hydrogens (tertiary/aromatic N) is 5. The number of carbonyl (C=O) groups is 1. The van der Waals surface area contributed by atoms with E-state index in [1.807, 2.05) is 18.7 Å². The Morgan fingerprint density at radius 2 is 1.88 bits per heavy atom. The van der Waals surface area contributed by atoms with Gasteiger partial charge >= 0.3 is 5.97 Å². The van der Waals surface area contributed by atoms with Crippen LogP contribution in [0.25, 0.3) is 15.9 Å². The van der Waals surface area contributed by atoms with E-state index in [-0.39, 0.29) is 29.3 Å². The minimum Gasteiger partial charge on any atom is -0.468 e. The van der Waals surface area contributed by atoms with Crippen molar-refractivity contribution < 1.29 is 13.9 Å². The number of anilines is 1. The average Bonchev–Trinajstić information content (AvgIpc) is 2.84. The quantitative estimate of drug-likeness (QED) is 0.436. The normalized spacial score (nSPS) is 19.6. The highest BCUT2D eigenvalue weighted by Gasteiger charge is 2.39. The smallest absolute Gasteiger partial charge is 0.327 e. The molecule has 0 radical (unpaired) electrons. The summed E-state index contributed by atoms with van der Waals surface area (Å²) in [6, 6.07) is 9.90. The van der Waals surface area contributed by atoms with E-state index in [4.69, 9.17) is 11.3 Å². The number of carbonyl (C=O) groups excluding carboxylic acids is 1. The van der Waals surface area contributed by atoms with Gasteiger partial charge in [0.15, 0.2) is 0 Å². The Hall–Kier alpha value is -3.77. The second kappa shape index (κ2) is 9.23. The first-order valence-corrected chi connectivity index (χ1v) is 11.0. The molecule has 1 unspecified atom stereocenters. The van der Waals surface area contributed by atoms with Crippen LogP contribution in [0.1, 0.15) is 25.5 Å². The Labute approximate surface area is 197 Å². The van der Waals surface area contributed by atoms with Gasteiger partial charge in [0, 0.05) is 38.3 Å². The van der Waals surface area contributed by atoms with Crippen molar-refractivity contribution in [3.8, 4) is 0 Å². The summed E-state index contributed by atoms with van der Waals surface area (Å²) < 4.78 is 20.1. The topological polar surface area (TPSA) is 72.0 Å². The van der Waals surface area contributed by atoms with Crippen LogP contribution in [0.15, 0.2) is 47.3 Å². The predicted octanol–water partition coefficient (Wildman–Crippen LogP) is 3.44. The number of pyridine rings is 2. The van der Waals surface area contributed by atoms with Gasteiger partial charge in [-0.2, -0.15) is 0 Å². The number of hydrogen-bond donors (Lipinski definition) is 0. The van der Waals surface area contributed by atoms with Crippen LogP contribution in [0.3, 0.4) is 0 Å². The fraction of sp³-hybridized carbons (Fsp3) is 0.360. The number of aryl methyl sites for hydroxylation is 1. The van der Waals surface area contributed by atoms with Crippen LogP contribution in [-0.4, -0.2) is 52.7 Å². The van der Waals surface area contributed by atoms with Gasteiger partial charge < -0.3 is 19.0 Å². The molecular weight excluding hydrogens is 437 g/mol. The average molecular weight is 464 g/mol. The number of aromatic nitrogens is 2. The van der Waals surface area contributed by atoms with Crippen LogP contribution in [0, 0.1) is 12.4 Å². The minimum atomic E-state index is -0.683. The Morgan fingerprint density at radius 1 is 1.18 bits per heavy atom. The summed E-state index contributed by atoms with van der Waals surface area (Å²) >= 11 is 0. The molecule has 0 saturated carbocycles. The second-order valence-electron chi connectivity index (χ2n) is 8.60. The van der Waals surface area contributed by atoms with Gasteiger partial charge in [0.05, 0.1) is 18.3 Å². The molecule has 0 aliphatic carbocycles. The molecule has 0 N–H and O–H groups in total. The summed E-state index contributed by atoms with van der Waals surface area (Å²) in [5.74, 6) is -0.530. The van der Waals surface area contributed by atoms with E-state index in [2.05, 4.69) is 14.7 Å². The van der Waals surface area contributed by atoms with Crippen molar-refractivity contribution in [3.05, 3.63) is 75.6 Å². The number of fused-ring (bicyclic) bond motifs is 1. The van der Waals surface area contributed by atoms with Crippen LogP contribution < -0.4 is 10.5 Å². The van der Waals surface area contributed by atoms with Crippen LogP contribution in [0.4, 0.5) is 15.9 Å². The molecule has 3 aromatic rings. The molecule has 0 spiro atoms. The molecular formula is C25H26FN5O3. The largest absolute Gasteiger partial charge is 0.468 e. The van der Waals surface area contributed by atoms with Crippen molar-refractivity contribution in [3.63, 3.8) is 0 Å². The minimum absolute atomic E-state index is 0.0856. The standard InChI is InChI=1S/C25H26FN5O3/c1-15-14-31(24(25(33)34-5)17-6-8-18(26)9-7-17)16(2)13-30(15)20-12-22(32)29(4)19-10-11-21(27-3)28-23(19)20/h6-12,15-16,24H,13-14H2,1-2,4-5H3/t15-,16+,24?/m0/s1. The number of methoxy groups -OCH3 is 1. The summed E-state index contributed by atoms with van der Waals surface area (Å²) in [5.41, 5.74) is 2.39. The zero-order chi connectivity index (χ0) is 24.6. The highest BCUT2D eigenvalue weighted by atomic mass is 19.1. The Balaban J connectivity index is 1.73. The molecule has 1 aliphatic heterocycles. The van der Waals surface area contributed by atoms with Crippen molar-refractivity contribution in [2.24, 2.45) is 7.05 Å². The number of rotatable bonds is 4. The van der Waals surface area contributed by atoms with Gasteiger partial charge in [0.2, 0.25) is 5.52 Å². The Morgan fingerprint density at radius 3 is 2.53 bits per heavy atom. The van der Waals surface area contributed by atoms with Crippen molar-refractivity contribution in [2.75, 3.05) is 25.1 Å². The summed E-state index contributed by atoms with van der Waals surface area (Å²) in [7, 11) is 3.02. The first-order valence-electron chi connectivity index (χ1n) is 11.0. The maximum atomic E-state index is 13.5. The van der Waals surface area contributed by atoms with Crippen LogP contribution in [-0.2, 0) is 16.6 Å². The van der Waals surface area contributed by atoms with E-state index in [0.29, 0.717) is 35.4 Å². The molecule has 3 atom stereocenters. The van der Waals surface area contributed by atoms with Gasteiger partial charge in [-0.15, -0.1) is 4.98 Å². The molecule has 4 rings (SSSR count). The molecule has 8 nitrogen and oxygen atoms in total. The molecule has 1 aliphatic rings. The number of esters is 1.